The summed E-state index contributed by atoms with van der Waals surface area (Å²) in [7, 11) is 3.35. The van der Waals surface area contributed by atoms with Gasteiger partial charge in [0.2, 0.25) is 5.91 Å². The number of carbonyl (C=O) groups excluding carboxylic acids is 1. The Labute approximate surface area is 123 Å². The molecule has 112 valence electrons. The van der Waals surface area contributed by atoms with Crippen molar-refractivity contribution in [3.63, 3.8) is 0 Å². The van der Waals surface area contributed by atoms with E-state index in [1.54, 1.807) is 36.1 Å². The summed E-state index contributed by atoms with van der Waals surface area (Å²) in [5.41, 5.74) is 0. The standard InChI is InChI=1S/C13H20ClN3O3/c1-16(12-4-3-11(14)9-15-12)10-13(19)17(5-7-18)6-8-20-2/h3-4,9,18H,5-8,10H2,1-2H3. The van der Waals surface area contributed by atoms with Crippen LogP contribution in [0.5, 0.6) is 0 Å². The zero-order chi connectivity index (χ0) is 15.0. The molecule has 0 aliphatic carbocycles. The van der Waals surface area contributed by atoms with Crippen molar-refractivity contribution in [2.24, 2.45) is 0 Å². The van der Waals surface area contributed by atoms with Crippen molar-refractivity contribution < 1.29 is 14.6 Å². The third-order valence-corrected chi connectivity index (χ3v) is 2.99. The van der Waals surface area contributed by atoms with Crippen LogP contribution in [-0.2, 0) is 9.53 Å². The molecule has 1 aromatic heterocycles. The smallest absolute Gasteiger partial charge is 0.242 e. The van der Waals surface area contributed by atoms with Gasteiger partial charge < -0.3 is 19.6 Å². The van der Waals surface area contributed by atoms with E-state index in [1.807, 2.05) is 0 Å². The van der Waals surface area contributed by atoms with Gasteiger partial charge in [-0.15, -0.1) is 0 Å². The van der Waals surface area contributed by atoms with Crippen LogP contribution < -0.4 is 4.90 Å². The van der Waals surface area contributed by atoms with E-state index in [9.17, 15) is 4.79 Å². The molecule has 20 heavy (non-hydrogen) atoms. The number of aliphatic hydroxyl groups excluding tert-OH is 1. The third kappa shape index (κ3) is 5.32. The predicted octanol–water partition coefficient (Wildman–Crippen LogP) is 0.639. The molecule has 0 radical (unpaired) electrons. The van der Waals surface area contributed by atoms with Crippen molar-refractivity contribution in [1.82, 2.24) is 9.88 Å². The van der Waals surface area contributed by atoms with Crippen LogP contribution in [0.3, 0.4) is 0 Å². The van der Waals surface area contributed by atoms with Crippen LogP contribution in [0.25, 0.3) is 0 Å². The number of aromatic nitrogens is 1. The summed E-state index contributed by atoms with van der Waals surface area (Å²) in [4.78, 5) is 19.6. The van der Waals surface area contributed by atoms with E-state index in [1.165, 1.54) is 6.20 Å². The number of rotatable bonds is 8. The van der Waals surface area contributed by atoms with Crippen molar-refractivity contribution in [3.8, 4) is 0 Å². The first-order chi connectivity index (χ1) is 9.58. The van der Waals surface area contributed by atoms with Gasteiger partial charge in [0.05, 0.1) is 24.8 Å². The molecule has 0 unspecified atom stereocenters. The number of hydrogen-bond acceptors (Lipinski definition) is 5. The van der Waals surface area contributed by atoms with E-state index in [0.29, 0.717) is 30.5 Å². The Bertz CT molecular complexity index is 414. The van der Waals surface area contributed by atoms with Crippen molar-refractivity contribution in [3.05, 3.63) is 23.4 Å². The molecule has 0 spiro atoms. The minimum Gasteiger partial charge on any atom is -0.395 e. The number of likely N-dealkylation sites (N-methyl/N-ethyl adjacent to an activating group) is 1. The second-order valence-electron chi connectivity index (χ2n) is 4.29. The fraction of sp³-hybridized carbons (Fsp3) is 0.538. The molecule has 0 saturated carbocycles. The minimum absolute atomic E-state index is 0.0711. The van der Waals surface area contributed by atoms with E-state index in [0.717, 1.165) is 0 Å². The summed E-state index contributed by atoms with van der Waals surface area (Å²) in [6, 6.07) is 3.47. The zero-order valence-electron chi connectivity index (χ0n) is 11.8. The molecular weight excluding hydrogens is 282 g/mol. The first kappa shape index (κ1) is 16.7. The van der Waals surface area contributed by atoms with Crippen molar-refractivity contribution in [2.75, 3.05) is 51.9 Å². The number of carbonyl (C=O) groups is 1. The van der Waals surface area contributed by atoms with Crippen LogP contribution in [-0.4, -0.2) is 67.9 Å². The zero-order valence-corrected chi connectivity index (χ0v) is 12.5. The number of halogens is 1. The lowest BCUT2D eigenvalue weighted by Gasteiger charge is -2.25. The van der Waals surface area contributed by atoms with Gasteiger partial charge in [-0.2, -0.15) is 0 Å². The van der Waals surface area contributed by atoms with Crippen LogP contribution in [0.1, 0.15) is 0 Å². The van der Waals surface area contributed by atoms with E-state index in [-0.39, 0.29) is 19.1 Å². The summed E-state index contributed by atoms with van der Waals surface area (Å²) >= 11 is 5.77. The van der Waals surface area contributed by atoms with Crippen LogP contribution >= 0.6 is 11.6 Å². The molecule has 0 aliphatic rings. The first-order valence-corrected chi connectivity index (χ1v) is 6.66. The van der Waals surface area contributed by atoms with Gasteiger partial charge in [-0.1, -0.05) is 11.6 Å². The summed E-state index contributed by atoms with van der Waals surface area (Å²) in [6.07, 6.45) is 1.54. The maximum atomic E-state index is 12.2. The predicted molar refractivity (Wildman–Crippen MR) is 78.1 cm³/mol. The molecular formula is C13H20ClN3O3. The molecule has 7 heteroatoms. The monoisotopic (exact) mass is 301 g/mol. The van der Waals surface area contributed by atoms with E-state index in [2.05, 4.69) is 4.98 Å². The van der Waals surface area contributed by atoms with E-state index >= 15 is 0 Å². The molecule has 0 bridgehead atoms. The number of ether oxygens (including phenoxy) is 1. The lowest BCUT2D eigenvalue weighted by molar-refractivity contribution is -0.130. The number of amides is 1. The van der Waals surface area contributed by atoms with Gasteiger partial charge >= 0.3 is 0 Å². The second kappa shape index (κ2) is 8.73. The van der Waals surface area contributed by atoms with Crippen molar-refractivity contribution >= 4 is 23.3 Å². The number of hydrogen-bond donors (Lipinski definition) is 1. The molecule has 0 saturated heterocycles. The maximum absolute atomic E-state index is 12.2. The van der Waals surface area contributed by atoms with Gasteiger partial charge in [0, 0.05) is 33.4 Å². The minimum atomic E-state index is -0.0876. The normalized spacial score (nSPS) is 10.4. The Morgan fingerprint density at radius 1 is 1.45 bits per heavy atom. The van der Waals surface area contributed by atoms with Gasteiger partial charge in [-0.05, 0) is 12.1 Å². The molecule has 0 atom stereocenters. The van der Waals surface area contributed by atoms with Gasteiger partial charge in [-0.25, -0.2) is 4.98 Å². The van der Waals surface area contributed by atoms with E-state index in [4.69, 9.17) is 21.4 Å². The molecule has 1 aromatic rings. The highest BCUT2D eigenvalue weighted by atomic mass is 35.5. The Balaban J connectivity index is 2.59. The molecule has 0 fully saturated rings. The Kier molecular flexibility index (Phi) is 7.28. The highest BCUT2D eigenvalue weighted by molar-refractivity contribution is 6.30. The molecule has 1 N–H and O–H groups in total. The van der Waals surface area contributed by atoms with Gasteiger partial charge in [-0.3, -0.25) is 4.79 Å². The average molecular weight is 302 g/mol. The third-order valence-electron chi connectivity index (χ3n) is 2.76. The molecule has 0 aliphatic heterocycles. The lowest BCUT2D eigenvalue weighted by atomic mass is 10.4. The largest absolute Gasteiger partial charge is 0.395 e. The number of methoxy groups -OCH3 is 1. The van der Waals surface area contributed by atoms with Crippen LogP contribution in [0.15, 0.2) is 18.3 Å². The first-order valence-electron chi connectivity index (χ1n) is 6.28. The summed E-state index contributed by atoms with van der Waals surface area (Å²) in [5.74, 6) is 0.578. The number of anilines is 1. The Hall–Kier alpha value is -1.37. The lowest BCUT2D eigenvalue weighted by Crippen LogP contribution is -2.42. The van der Waals surface area contributed by atoms with Crippen LogP contribution in [0.2, 0.25) is 5.02 Å². The summed E-state index contributed by atoms with van der Waals surface area (Å²) < 4.78 is 4.96. The summed E-state index contributed by atoms with van der Waals surface area (Å²) in [6.45, 7) is 1.30. The topological polar surface area (TPSA) is 65.9 Å². The fourth-order valence-electron chi connectivity index (χ4n) is 1.66. The number of nitrogens with zero attached hydrogens (tertiary/aromatic N) is 3. The van der Waals surface area contributed by atoms with Gasteiger partial charge in [0.25, 0.3) is 0 Å². The fourth-order valence-corrected chi connectivity index (χ4v) is 1.77. The molecule has 1 heterocycles. The van der Waals surface area contributed by atoms with E-state index < -0.39 is 0 Å². The van der Waals surface area contributed by atoms with Crippen LogP contribution in [0.4, 0.5) is 5.82 Å². The molecule has 6 nitrogen and oxygen atoms in total. The van der Waals surface area contributed by atoms with Gasteiger partial charge in [0.15, 0.2) is 0 Å². The number of pyridine rings is 1. The second-order valence-corrected chi connectivity index (χ2v) is 4.72. The quantitative estimate of drug-likeness (QED) is 0.763. The maximum Gasteiger partial charge on any atom is 0.242 e. The van der Waals surface area contributed by atoms with Gasteiger partial charge in [0.1, 0.15) is 5.82 Å². The average Bonchev–Trinajstić information content (AvgIpc) is 2.43. The highest BCUT2D eigenvalue weighted by Gasteiger charge is 2.15. The number of aliphatic hydroxyl groups is 1. The van der Waals surface area contributed by atoms with Crippen molar-refractivity contribution in [2.45, 2.75) is 0 Å². The Morgan fingerprint density at radius 3 is 2.75 bits per heavy atom. The highest BCUT2D eigenvalue weighted by Crippen LogP contribution is 2.12. The van der Waals surface area contributed by atoms with Crippen molar-refractivity contribution in [1.29, 1.82) is 0 Å². The molecule has 1 rings (SSSR count). The Morgan fingerprint density at radius 2 is 2.20 bits per heavy atom. The molecule has 1 amide bonds. The van der Waals surface area contributed by atoms with Crippen LogP contribution in [0, 0.1) is 0 Å². The SMILES string of the molecule is COCCN(CCO)C(=O)CN(C)c1ccc(Cl)cn1. The molecule has 0 aromatic carbocycles. The summed E-state index contributed by atoms with van der Waals surface area (Å²) in [5, 5.41) is 9.54.